The van der Waals surface area contributed by atoms with E-state index in [1.165, 1.54) is 23.4 Å². The van der Waals surface area contributed by atoms with Crippen LogP contribution in [0.1, 0.15) is 21.8 Å². The van der Waals surface area contributed by atoms with Gasteiger partial charge in [0.1, 0.15) is 11.5 Å². The second kappa shape index (κ2) is 4.90. The molecule has 0 saturated heterocycles. The smallest absolute Gasteiger partial charge is 0.312 e. The van der Waals surface area contributed by atoms with Gasteiger partial charge in [-0.25, -0.2) is 0 Å². The van der Waals surface area contributed by atoms with Gasteiger partial charge in [0.25, 0.3) is 5.91 Å². The van der Waals surface area contributed by atoms with E-state index in [-0.39, 0.29) is 12.1 Å². The highest BCUT2D eigenvalue weighted by atomic mass is 16.4. The lowest BCUT2D eigenvalue weighted by Gasteiger charge is -2.16. The summed E-state index contributed by atoms with van der Waals surface area (Å²) in [5.74, 6) is -2.25. The highest BCUT2D eigenvalue weighted by molar-refractivity contribution is 6.08. The summed E-state index contributed by atoms with van der Waals surface area (Å²) in [5.41, 5.74) is 0.734. The van der Waals surface area contributed by atoms with Gasteiger partial charge >= 0.3 is 5.97 Å². The van der Waals surface area contributed by atoms with Gasteiger partial charge in [-0.05, 0) is 11.6 Å². The first-order valence-corrected chi connectivity index (χ1v) is 6.40. The van der Waals surface area contributed by atoms with Crippen molar-refractivity contribution < 1.29 is 14.7 Å². The van der Waals surface area contributed by atoms with Crippen molar-refractivity contribution in [3.63, 3.8) is 0 Å². The molecule has 1 aliphatic rings. The number of para-hydroxylation sites is 1. The van der Waals surface area contributed by atoms with Gasteiger partial charge in [-0.3, -0.25) is 14.4 Å². The number of carbonyl (C=O) groups excluding carboxylic acids is 1. The van der Waals surface area contributed by atoms with Crippen LogP contribution < -0.4 is 10.3 Å². The minimum absolute atomic E-state index is 0.00154. The Balaban J connectivity index is 2.05. The molecule has 1 aromatic carbocycles. The molecule has 0 fully saturated rings. The van der Waals surface area contributed by atoms with E-state index < -0.39 is 23.2 Å². The number of anilines is 1. The van der Waals surface area contributed by atoms with Gasteiger partial charge in [0.2, 0.25) is 0 Å². The van der Waals surface area contributed by atoms with Crippen molar-refractivity contribution in [2.24, 2.45) is 0 Å². The highest BCUT2D eigenvalue weighted by Gasteiger charge is 2.37. The first-order chi connectivity index (χ1) is 10.1. The zero-order chi connectivity index (χ0) is 15.0. The number of fused-ring (bicyclic) bond motifs is 1. The van der Waals surface area contributed by atoms with Crippen molar-refractivity contribution in [2.45, 2.75) is 5.92 Å². The number of carbonyl (C=O) groups is 2. The van der Waals surface area contributed by atoms with Gasteiger partial charge in [0, 0.05) is 30.7 Å². The van der Waals surface area contributed by atoms with Crippen LogP contribution in [0.25, 0.3) is 0 Å². The molecule has 0 saturated carbocycles. The Bertz CT molecular complexity index is 781. The van der Waals surface area contributed by atoms with Crippen LogP contribution in [-0.4, -0.2) is 28.5 Å². The fourth-order valence-corrected chi connectivity index (χ4v) is 2.54. The maximum atomic E-state index is 12.5. The Labute approximate surface area is 119 Å². The standard InChI is InChI=1S/C15H12N2O4/c18-13-5-6-16-7-10(13)14(19)17-8-11(15(20)21)9-3-1-2-4-12(9)17/h1-7,11H,8H2,(H,16,18)(H,20,21). The number of aliphatic carboxylic acids is 1. The largest absolute Gasteiger partial charge is 0.481 e. The van der Waals surface area contributed by atoms with Gasteiger partial charge in [0.05, 0.1) is 0 Å². The van der Waals surface area contributed by atoms with Crippen LogP contribution in [-0.2, 0) is 4.79 Å². The number of hydrogen-bond donors (Lipinski definition) is 2. The fourth-order valence-electron chi connectivity index (χ4n) is 2.54. The third-order valence-electron chi connectivity index (χ3n) is 3.57. The highest BCUT2D eigenvalue weighted by Crippen LogP contribution is 2.36. The number of amides is 1. The molecule has 0 bridgehead atoms. The van der Waals surface area contributed by atoms with Gasteiger partial charge in [0.15, 0.2) is 5.43 Å². The minimum Gasteiger partial charge on any atom is -0.481 e. The maximum Gasteiger partial charge on any atom is 0.312 e. The molecule has 6 nitrogen and oxygen atoms in total. The summed E-state index contributed by atoms with van der Waals surface area (Å²) in [6.07, 6.45) is 2.78. The predicted octanol–water partition coefficient (Wildman–Crippen LogP) is 1.20. The number of nitrogens with one attached hydrogen (secondary N) is 1. The molecular formula is C15H12N2O4. The molecule has 2 aromatic rings. The van der Waals surface area contributed by atoms with E-state index in [2.05, 4.69) is 4.98 Å². The van der Waals surface area contributed by atoms with E-state index in [1.807, 2.05) is 0 Å². The summed E-state index contributed by atoms with van der Waals surface area (Å²) in [5, 5.41) is 9.28. The molecule has 2 heterocycles. The number of carboxylic acids is 1. The molecule has 6 heteroatoms. The number of benzene rings is 1. The number of nitrogens with zero attached hydrogens (tertiary/aromatic N) is 1. The van der Waals surface area contributed by atoms with Gasteiger partial charge < -0.3 is 15.0 Å². The van der Waals surface area contributed by atoms with Crippen LogP contribution >= 0.6 is 0 Å². The summed E-state index contributed by atoms with van der Waals surface area (Å²) < 4.78 is 0. The third-order valence-corrected chi connectivity index (χ3v) is 3.57. The molecule has 1 atom stereocenters. The molecule has 3 rings (SSSR count). The van der Waals surface area contributed by atoms with E-state index in [1.54, 1.807) is 24.3 Å². The second-order valence-corrected chi connectivity index (χ2v) is 4.79. The number of pyridine rings is 1. The van der Waals surface area contributed by atoms with Crippen molar-refractivity contribution in [3.05, 3.63) is 64.1 Å². The summed E-state index contributed by atoms with van der Waals surface area (Å²) >= 11 is 0. The number of rotatable bonds is 2. The Morgan fingerprint density at radius 3 is 2.71 bits per heavy atom. The van der Waals surface area contributed by atoms with Crippen molar-refractivity contribution in [2.75, 3.05) is 11.4 Å². The average molecular weight is 284 g/mol. The maximum absolute atomic E-state index is 12.5. The Morgan fingerprint density at radius 2 is 2.00 bits per heavy atom. The molecule has 2 N–H and O–H groups in total. The number of aromatic amines is 1. The topological polar surface area (TPSA) is 90.5 Å². The van der Waals surface area contributed by atoms with E-state index in [0.717, 1.165) is 0 Å². The Morgan fingerprint density at radius 1 is 1.24 bits per heavy atom. The van der Waals surface area contributed by atoms with E-state index >= 15 is 0 Å². The van der Waals surface area contributed by atoms with Gasteiger partial charge in [-0.2, -0.15) is 0 Å². The lowest BCUT2D eigenvalue weighted by atomic mass is 10.0. The van der Waals surface area contributed by atoms with Crippen LogP contribution in [0.15, 0.2) is 47.5 Å². The minimum atomic E-state index is -0.986. The predicted molar refractivity (Wildman–Crippen MR) is 75.6 cm³/mol. The van der Waals surface area contributed by atoms with Crippen molar-refractivity contribution in [1.29, 1.82) is 0 Å². The average Bonchev–Trinajstić information content (AvgIpc) is 2.87. The number of hydrogen-bond acceptors (Lipinski definition) is 3. The first-order valence-electron chi connectivity index (χ1n) is 6.40. The summed E-state index contributed by atoms with van der Waals surface area (Å²) in [6, 6.07) is 8.12. The van der Waals surface area contributed by atoms with Gasteiger partial charge in [-0.1, -0.05) is 18.2 Å². The Kier molecular flexibility index (Phi) is 3.06. The summed E-state index contributed by atoms with van der Waals surface area (Å²) in [7, 11) is 0. The molecule has 1 aromatic heterocycles. The number of aromatic nitrogens is 1. The molecule has 1 unspecified atom stereocenters. The number of H-pyrrole nitrogens is 1. The SMILES string of the molecule is O=C(O)C1CN(C(=O)c2c[nH]ccc2=O)c2ccccc21. The zero-order valence-corrected chi connectivity index (χ0v) is 10.9. The lowest BCUT2D eigenvalue weighted by Crippen LogP contribution is -2.34. The van der Waals surface area contributed by atoms with Crippen molar-refractivity contribution in [3.8, 4) is 0 Å². The summed E-state index contributed by atoms with van der Waals surface area (Å²) in [6.45, 7) is 0.0296. The van der Waals surface area contributed by atoms with Gasteiger partial charge in [-0.15, -0.1) is 0 Å². The van der Waals surface area contributed by atoms with E-state index in [4.69, 9.17) is 0 Å². The summed E-state index contributed by atoms with van der Waals surface area (Å²) in [4.78, 5) is 39.6. The normalized spacial score (nSPS) is 16.6. The molecule has 1 amide bonds. The van der Waals surface area contributed by atoms with Crippen LogP contribution in [0.2, 0.25) is 0 Å². The zero-order valence-electron chi connectivity index (χ0n) is 10.9. The quantitative estimate of drug-likeness (QED) is 0.867. The van der Waals surface area contributed by atoms with E-state index in [9.17, 15) is 19.5 Å². The molecule has 21 heavy (non-hydrogen) atoms. The first kappa shape index (κ1) is 13.1. The number of carboxylic acid groups (broad SMARTS) is 1. The van der Waals surface area contributed by atoms with Crippen LogP contribution in [0, 0.1) is 0 Å². The second-order valence-electron chi connectivity index (χ2n) is 4.79. The van der Waals surface area contributed by atoms with Crippen molar-refractivity contribution >= 4 is 17.6 Å². The monoisotopic (exact) mass is 284 g/mol. The molecule has 0 spiro atoms. The third kappa shape index (κ3) is 2.10. The molecule has 0 aliphatic carbocycles. The Hall–Kier alpha value is -2.89. The van der Waals surface area contributed by atoms with E-state index in [0.29, 0.717) is 11.3 Å². The molecular weight excluding hydrogens is 272 g/mol. The fraction of sp³-hybridized carbons (Fsp3) is 0.133. The molecule has 1 aliphatic heterocycles. The molecule has 0 radical (unpaired) electrons. The van der Waals surface area contributed by atoms with Crippen LogP contribution in [0.4, 0.5) is 5.69 Å². The van der Waals surface area contributed by atoms with Crippen molar-refractivity contribution in [1.82, 2.24) is 4.98 Å². The lowest BCUT2D eigenvalue weighted by molar-refractivity contribution is -0.138. The van der Waals surface area contributed by atoms with Crippen LogP contribution in [0.5, 0.6) is 0 Å². The van der Waals surface area contributed by atoms with Crippen LogP contribution in [0.3, 0.4) is 0 Å². The molecule has 106 valence electrons.